The Morgan fingerprint density at radius 1 is 1.06 bits per heavy atom. The molecule has 0 aromatic rings. The van der Waals surface area contributed by atoms with Crippen LogP contribution in [0.2, 0.25) is 0 Å². The minimum absolute atomic E-state index is 0.787. The summed E-state index contributed by atoms with van der Waals surface area (Å²) in [5, 5.41) is 3.30. The minimum atomic E-state index is 0.787. The first-order valence-electron chi connectivity index (χ1n) is 7.87. The van der Waals surface area contributed by atoms with Gasteiger partial charge in [0.25, 0.3) is 0 Å². The van der Waals surface area contributed by atoms with Crippen LogP contribution in [0.4, 0.5) is 0 Å². The average molecular weight is 255 g/mol. The molecule has 110 valence electrons. The molecule has 0 aliphatic heterocycles. The van der Waals surface area contributed by atoms with Crippen LogP contribution < -0.4 is 5.32 Å². The Bertz CT molecular complexity index is 174. The number of hydrogen-bond donors (Lipinski definition) is 1. The van der Waals surface area contributed by atoms with Crippen LogP contribution in [-0.2, 0) is 0 Å². The van der Waals surface area contributed by atoms with Gasteiger partial charge >= 0.3 is 0 Å². The zero-order valence-corrected chi connectivity index (χ0v) is 13.9. The van der Waals surface area contributed by atoms with Gasteiger partial charge in [0.2, 0.25) is 0 Å². The van der Waals surface area contributed by atoms with Crippen molar-refractivity contribution in [2.75, 3.05) is 6.54 Å². The molecular formula is C17H37N. The Kier molecular flexibility index (Phi) is 14.3. The van der Waals surface area contributed by atoms with E-state index in [1.54, 1.807) is 0 Å². The summed E-state index contributed by atoms with van der Waals surface area (Å²) in [4.78, 5) is 0. The predicted molar refractivity (Wildman–Crippen MR) is 85.7 cm³/mol. The molecule has 0 amide bonds. The Balaban J connectivity index is 0. The van der Waals surface area contributed by atoms with E-state index in [1.165, 1.54) is 19.3 Å². The predicted octanol–water partition coefficient (Wildman–Crippen LogP) is 5.48. The van der Waals surface area contributed by atoms with Crippen LogP contribution in [0, 0.1) is 23.7 Å². The maximum atomic E-state index is 3.74. The summed E-state index contributed by atoms with van der Waals surface area (Å²) in [5.41, 5.74) is 0. The highest BCUT2D eigenvalue weighted by atomic mass is 14.8. The Morgan fingerprint density at radius 2 is 1.61 bits per heavy atom. The highest BCUT2D eigenvalue weighted by Gasteiger charge is 2.20. The lowest BCUT2D eigenvalue weighted by Gasteiger charge is -2.28. The summed E-state index contributed by atoms with van der Waals surface area (Å²) < 4.78 is 0. The van der Waals surface area contributed by atoms with E-state index >= 15 is 0 Å². The number of rotatable bonds is 9. The minimum Gasteiger partial charge on any atom is -0.391 e. The third-order valence-electron chi connectivity index (χ3n) is 3.89. The Hall–Kier alpha value is -0.460. The van der Waals surface area contributed by atoms with Crippen LogP contribution in [0.3, 0.4) is 0 Å². The maximum Gasteiger partial charge on any atom is 0.0172 e. The molecule has 3 atom stereocenters. The van der Waals surface area contributed by atoms with E-state index in [1.807, 2.05) is 20.0 Å². The molecule has 0 rings (SSSR count). The van der Waals surface area contributed by atoms with Gasteiger partial charge in [-0.15, -0.1) is 0 Å². The van der Waals surface area contributed by atoms with E-state index in [2.05, 4.69) is 46.5 Å². The fourth-order valence-corrected chi connectivity index (χ4v) is 2.19. The van der Waals surface area contributed by atoms with E-state index < -0.39 is 0 Å². The second-order valence-electron chi connectivity index (χ2n) is 5.60. The summed E-state index contributed by atoms with van der Waals surface area (Å²) in [5.74, 6) is 3.21. The quantitative estimate of drug-likeness (QED) is 0.575. The summed E-state index contributed by atoms with van der Waals surface area (Å²) in [7, 11) is 0. The molecule has 0 spiro atoms. The SMILES string of the molecule is C=CNCC(CC(C)C(C)C)C(C)CCC.CC. The Labute approximate surface area is 116 Å². The molecule has 0 bridgehead atoms. The summed E-state index contributed by atoms with van der Waals surface area (Å²) in [6, 6.07) is 0. The van der Waals surface area contributed by atoms with E-state index in [-0.39, 0.29) is 0 Å². The molecule has 1 nitrogen and oxygen atoms in total. The molecule has 0 fully saturated rings. The lowest BCUT2D eigenvalue weighted by atomic mass is 9.80. The van der Waals surface area contributed by atoms with Gasteiger partial charge in [-0.3, -0.25) is 0 Å². The van der Waals surface area contributed by atoms with Crippen molar-refractivity contribution in [3.63, 3.8) is 0 Å². The van der Waals surface area contributed by atoms with Crippen LogP contribution in [-0.4, -0.2) is 6.54 Å². The smallest absolute Gasteiger partial charge is 0.0172 e. The topological polar surface area (TPSA) is 12.0 Å². The van der Waals surface area contributed by atoms with Crippen molar-refractivity contribution >= 4 is 0 Å². The van der Waals surface area contributed by atoms with Gasteiger partial charge in [-0.05, 0) is 36.3 Å². The van der Waals surface area contributed by atoms with Crippen molar-refractivity contribution in [1.29, 1.82) is 0 Å². The average Bonchev–Trinajstić information content (AvgIpc) is 2.36. The van der Waals surface area contributed by atoms with Crippen LogP contribution >= 0.6 is 0 Å². The molecular weight excluding hydrogens is 218 g/mol. The van der Waals surface area contributed by atoms with Crippen molar-refractivity contribution in [2.45, 2.75) is 67.7 Å². The zero-order valence-electron chi connectivity index (χ0n) is 13.9. The normalized spacial score (nSPS) is 15.3. The molecule has 0 aromatic carbocycles. The van der Waals surface area contributed by atoms with Gasteiger partial charge in [-0.2, -0.15) is 0 Å². The van der Waals surface area contributed by atoms with E-state index in [0.717, 1.165) is 30.2 Å². The second kappa shape index (κ2) is 13.0. The van der Waals surface area contributed by atoms with Crippen molar-refractivity contribution in [2.24, 2.45) is 23.7 Å². The summed E-state index contributed by atoms with van der Waals surface area (Å²) in [6.45, 7) is 20.5. The number of hydrogen-bond acceptors (Lipinski definition) is 1. The van der Waals surface area contributed by atoms with Crippen LogP contribution in [0.1, 0.15) is 67.7 Å². The van der Waals surface area contributed by atoms with Gasteiger partial charge in [-0.1, -0.05) is 67.9 Å². The highest BCUT2D eigenvalue weighted by molar-refractivity contribution is 4.75. The van der Waals surface area contributed by atoms with Gasteiger partial charge in [0.05, 0.1) is 0 Å². The van der Waals surface area contributed by atoms with Gasteiger partial charge in [-0.25, -0.2) is 0 Å². The van der Waals surface area contributed by atoms with Gasteiger partial charge in [0, 0.05) is 6.54 Å². The van der Waals surface area contributed by atoms with Crippen molar-refractivity contribution < 1.29 is 0 Å². The summed E-state index contributed by atoms with van der Waals surface area (Å²) >= 11 is 0. The third kappa shape index (κ3) is 9.56. The first-order chi connectivity index (χ1) is 8.52. The molecule has 0 aliphatic carbocycles. The Morgan fingerprint density at radius 3 is 2.00 bits per heavy atom. The van der Waals surface area contributed by atoms with Crippen LogP contribution in [0.5, 0.6) is 0 Å². The fourth-order valence-electron chi connectivity index (χ4n) is 2.19. The molecule has 0 radical (unpaired) electrons. The second-order valence-corrected chi connectivity index (χ2v) is 5.60. The molecule has 3 unspecified atom stereocenters. The molecule has 1 N–H and O–H groups in total. The largest absolute Gasteiger partial charge is 0.391 e. The van der Waals surface area contributed by atoms with Gasteiger partial charge < -0.3 is 5.32 Å². The van der Waals surface area contributed by atoms with E-state index in [9.17, 15) is 0 Å². The molecule has 0 saturated carbocycles. The molecule has 0 heterocycles. The molecule has 18 heavy (non-hydrogen) atoms. The fraction of sp³-hybridized carbons (Fsp3) is 0.882. The molecule has 0 saturated heterocycles. The summed E-state index contributed by atoms with van der Waals surface area (Å²) in [6.07, 6.45) is 5.79. The number of nitrogens with one attached hydrogen (secondary N) is 1. The van der Waals surface area contributed by atoms with E-state index in [0.29, 0.717) is 0 Å². The van der Waals surface area contributed by atoms with Crippen molar-refractivity contribution in [3.05, 3.63) is 12.8 Å². The third-order valence-corrected chi connectivity index (χ3v) is 3.89. The van der Waals surface area contributed by atoms with Crippen molar-refractivity contribution in [3.8, 4) is 0 Å². The van der Waals surface area contributed by atoms with Crippen molar-refractivity contribution in [1.82, 2.24) is 5.32 Å². The first kappa shape index (κ1) is 19.9. The lowest BCUT2D eigenvalue weighted by Crippen LogP contribution is -2.26. The molecule has 0 aliphatic rings. The lowest BCUT2D eigenvalue weighted by molar-refractivity contribution is 0.243. The maximum absolute atomic E-state index is 3.74. The van der Waals surface area contributed by atoms with Gasteiger partial charge in [0.15, 0.2) is 0 Å². The van der Waals surface area contributed by atoms with E-state index in [4.69, 9.17) is 0 Å². The zero-order chi connectivity index (χ0) is 14.6. The molecule has 0 aromatic heterocycles. The monoisotopic (exact) mass is 255 g/mol. The van der Waals surface area contributed by atoms with Crippen LogP contribution in [0.25, 0.3) is 0 Å². The molecule has 1 heteroatoms. The first-order valence-corrected chi connectivity index (χ1v) is 7.87. The van der Waals surface area contributed by atoms with Gasteiger partial charge in [0.1, 0.15) is 0 Å². The highest BCUT2D eigenvalue weighted by Crippen LogP contribution is 2.27. The standard InChI is InChI=1S/C15H31N.C2H6/c1-7-9-13(5)15(11-16-8-2)10-14(6)12(3)4;1-2/h8,12-16H,2,7,9-11H2,1,3-6H3;1-2H3. The van der Waals surface area contributed by atoms with Crippen LogP contribution in [0.15, 0.2) is 12.8 Å².